The highest BCUT2D eigenvalue weighted by Gasteiger charge is 2.21. The predicted molar refractivity (Wildman–Crippen MR) is 49.4 cm³/mol. The Balaban J connectivity index is 2.32. The van der Waals surface area contributed by atoms with Crippen molar-refractivity contribution in [3.63, 3.8) is 0 Å². The van der Waals surface area contributed by atoms with Crippen LogP contribution in [0.3, 0.4) is 0 Å². The smallest absolute Gasteiger partial charge is 0.220 e. The summed E-state index contributed by atoms with van der Waals surface area (Å²) in [5.41, 5.74) is 7.68. The van der Waals surface area contributed by atoms with Crippen molar-refractivity contribution in [3.8, 4) is 0 Å². The summed E-state index contributed by atoms with van der Waals surface area (Å²) in [6.45, 7) is 3.60. The van der Waals surface area contributed by atoms with Gasteiger partial charge in [0.15, 0.2) is 0 Å². The molecule has 1 aromatic heterocycles. The Kier molecular flexibility index (Phi) is 2.14. The van der Waals surface area contributed by atoms with E-state index in [0.29, 0.717) is 11.9 Å². The van der Waals surface area contributed by atoms with E-state index in [1.54, 1.807) is 6.20 Å². The first kappa shape index (κ1) is 8.44. The van der Waals surface area contributed by atoms with Crippen LogP contribution in [0.4, 0.5) is 5.95 Å². The minimum atomic E-state index is 0.354. The third-order valence-electron chi connectivity index (χ3n) is 2.35. The monoisotopic (exact) mass is 179 g/mol. The van der Waals surface area contributed by atoms with Crippen LogP contribution in [0.5, 0.6) is 0 Å². The van der Waals surface area contributed by atoms with Crippen LogP contribution in [0.15, 0.2) is 6.20 Å². The zero-order valence-electron chi connectivity index (χ0n) is 7.66. The summed E-state index contributed by atoms with van der Waals surface area (Å²) in [5.74, 6) is 0.762. The van der Waals surface area contributed by atoms with Gasteiger partial charge in [-0.25, -0.2) is 9.97 Å². The first-order valence-corrected chi connectivity index (χ1v) is 4.44. The first-order chi connectivity index (χ1) is 6.27. The van der Waals surface area contributed by atoms with Crippen LogP contribution in [0.2, 0.25) is 0 Å². The summed E-state index contributed by atoms with van der Waals surface area (Å²) < 4.78 is 5.31. The number of ether oxygens (including phenoxy) is 1. The van der Waals surface area contributed by atoms with Gasteiger partial charge in [-0.2, -0.15) is 0 Å². The van der Waals surface area contributed by atoms with E-state index in [0.717, 1.165) is 30.9 Å². The zero-order valence-corrected chi connectivity index (χ0v) is 7.66. The number of nitrogens with two attached hydrogens (primary N) is 1. The third-order valence-corrected chi connectivity index (χ3v) is 2.35. The lowest BCUT2D eigenvalue weighted by molar-refractivity contribution is 0.193. The van der Waals surface area contributed by atoms with Crippen molar-refractivity contribution in [2.24, 2.45) is 0 Å². The molecule has 4 heteroatoms. The molecule has 0 spiro atoms. The number of aromatic nitrogens is 2. The van der Waals surface area contributed by atoms with E-state index < -0.39 is 0 Å². The Morgan fingerprint density at radius 1 is 1.62 bits per heavy atom. The van der Waals surface area contributed by atoms with Gasteiger partial charge in [-0.05, 0) is 18.9 Å². The average molecular weight is 179 g/mol. The van der Waals surface area contributed by atoms with E-state index in [1.807, 2.05) is 6.92 Å². The molecule has 1 aliphatic heterocycles. The molecule has 2 heterocycles. The van der Waals surface area contributed by atoms with Crippen molar-refractivity contribution in [1.82, 2.24) is 9.97 Å². The van der Waals surface area contributed by atoms with Crippen LogP contribution in [0, 0.1) is 6.92 Å². The number of hydrogen-bond acceptors (Lipinski definition) is 4. The van der Waals surface area contributed by atoms with Crippen molar-refractivity contribution in [1.29, 1.82) is 0 Å². The molecule has 1 saturated heterocycles. The molecule has 0 aromatic carbocycles. The quantitative estimate of drug-likeness (QED) is 0.695. The Morgan fingerprint density at radius 3 is 3.15 bits per heavy atom. The summed E-state index contributed by atoms with van der Waals surface area (Å²) in [6.07, 6.45) is 2.81. The fraction of sp³-hybridized carbons (Fsp3) is 0.556. The molecule has 1 atom stereocenters. The molecule has 2 N–H and O–H groups in total. The molecule has 1 aromatic rings. The normalized spacial score (nSPS) is 22.1. The lowest BCUT2D eigenvalue weighted by Crippen LogP contribution is -2.07. The molecular weight excluding hydrogens is 166 g/mol. The van der Waals surface area contributed by atoms with Gasteiger partial charge in [0.25, 0.3) is 0 Å². The first-order valence-electron chi connectivity index (χ1n) is 4.44. The van der Waals surface area contributed by atoms with Crippen molar-refractivity contribution in [3.05, 3.63) is 17.5 Å². The molecule has 13 heavy (non-hydrogen) atoms. The van der Waals surface area contributed by atoms with E-state index >= 15 is 0 Å². The maximum Gasteiger partial charge on any atom is 0.220 e. The van der Waals surface area contributed by atoms with Gasteiger partial charge in [0.05, 0.1) is 12.3 Å². The topological polar surface area (TPSA) is 61.0 Å². The largest absolute Gasteiger partial charge is 0.381 e. The van der Waals surface area contributed by atoms with E-state index in [4.69, 9.17) is 10.5 Å². The number of aryl methyl sites for hydroxylation is 1. The molecule has 1 unspecified atom stereocenters. The van der Waals surface area contributed by atoms with Crippen molar-refractivity contribution >= 4 is 5.95 Å². The van der Waals surface area contributed by atoms with E-state index in [-0.39, 0.29) is 0 Å². The second kappa shape index (κ2) is 3.30. The minimum Gasteiger partial charge on any atom is -0.381 e. The lowest BCUT2D eigenvalue weighted by atomic mass is 10.0. The molecular formula is C9H13N3O. The highest BCUT2D eigenvalue weighted by molar-refractivity contribution is 5.27. The standard InChI is InChI=1S/C9H13N3O/c1-6-4-11-9(10)12-8(6)7-2-3-13-5-7/h4,7H,2-3,5H2,1H3,(H2,10,11,12). The molecule has 0 bridgehead atoms. The minimum absolute atomic E-state index is 0.354. The third kappa shape index (κ3) is 1.62. The van der Waals surface area contributed by atoms with Crippen LogP contribution in [0.25, 0.3) is 0 Å². The van der Waals surface area contributed by atoms with Crippen LogP contribution in [0.1, 0.15) is 23.6 Å². The second-order valence-electron chi connectivity index (χ2n) is 3.36. The average Bonchev–Trinajstić information content (AvgIpc) is 2.61. The summed E-state index contributed by atoms with van der Waals surface area (Å²) in [4.78, 5) is 8.18. The highest BCUT2D eigenvalue weighted by atomic mass is 16.5. The molecule has 2 rings (SSSR count). The van der Waals surface area contributed by atoms with Crippen molar-refractivity contribution in [2.75, 3.05) is 18.9 Å². The number of hydrogen-bond donors (Lipinski definition) is 1. The number of nitrogen functional groups attached to an aromatic ring is 1. The lowest BCUT2D eigenvalue weighted by Gasteiger charge is -2.09. The van der Waals surface area contributed by atoms with Gasteiger partial charge >= 0.3 is 0 Å². The number of nitrogens with zero attached hydrogens (tertiary/aromatic N) is 2. The maximum absolute atomic E-state index is 5.53. The highest BCUT2D eigenvalue weighted by Crippen LogP contribution is 2.25. The predicted octanol–water partition coefficient (Wildman–Crippen LogP) is 0.871. The zero-order chi connectivity index (χ0) is 9.26. The van der Waals surface area contributed by atoms with E-state index in [2.05, 4.69) is 9.97 Å². The molecule has 70 valence electrons. The molecule has 0 aliphatic carbocycles. The van der Waals surface area contributed by atoms with Crippen LogP contribution in [-0.4, -0.2) is 23.2 Å². The van der Waals surface area contributed by atoms with Gasteiger partial charge in [0.2, 0.25) is 5.95 Å². The summed E-state index contributed by atoms with van der Waals surface area (Å²) >= 11 is 0. The summed E-state index contributed by atoms with van der Waals surface area (Å²) in [7, 11) is 0. The molecule has 4 nitrogen and oxygen atoms in total. The van der Waals surface area contributed by atoms with E-state index in [1.165, 1.54) is 0 Å². The Labute approximate surface area is 77.1 Å². The molecule has 0 amide bonds. The fourth-order valence-corrected chi connectivity index (χ4v) is 1.63. The second-order valence-corrected chi connectivity index (χ2v) is 3.36. The summed E-state index contributed by atoms with van der Waals surface area (Å²) in [5, 5.41) is 0. The van der Waals surface area contributed by atoms with Crippen LogP contribution >= 0.6 is 0 Å². The van der Waals surface area contributed by atoms with Gasteiger partial charge in [0.1, 0.15) is 0 Å². The Bertz CT molecular complexity index is 308. The number of anilines is 1. The fourth-order valence-electron chi connectivity index (χ4n) is 1.63. The molecule has 1 fully saturated rings. The Morgan fingerprint density at radius 2 is 2.46 bits per heavy atom. The van der Waals surface area contributed by atoms with Crippen molar-refractivity contribution in [2.45, 2.75) is 19.3 Å². The van der Waals surface area contributed by atoms with Gasteiger partial charge in [-0.3, -0.25) is 0 Å². The van der Waals surface area contributed by atoms with Crippen LogP contribution < -0.4 is 5.73 Å². The van der Waals surface area contributed by atoms with Gasteiger partial charge < -0.3 is 10.5 Å². The van der Waals surface area contributed by atoms with Crippen LogP contribution in [-0.2, 0) is 4.74 Å². The molecule has 0 saturated carbocycles. The van der Waals surface area contributed by atoms with Crippen molar-refractivity contribution < 1.29 is 4.74 Å². The van der Waals surface area contributed by atoms with Gasteiger partial charge in [-0.15, -0.1) is 0 Å². The van der Waals surface area contributed by atoms with Gasteiger partial charge in [0, 0.05) is 18.7 Å². The SMILES string of the molecule is Cc1cnc(N)nc1C1CCOC1. The summed E-state index contributed by atoms with van der Waals surface area (Å²) in [6, 6.07) is 0. The maximum atomic E-state index is 5.53. The molecule has 0 radical (unpaired) electrons. The Hall–Kier alpha value is -1.16. The van der Waals surface area contributed by atoms with E-state index in [9.17, 15) is 0 Å². The molecule has 1 aliphatic rings. The van der Waals surface area contributed by atoms with Gasteiger partial charge in [-0.1, -0.05) is 0 Å². The number of rotatable bonds is 1.